The van der Waals surface area contributed by atoms with E-state index in [4.69, 9.17) is 0 Å². The van der Waals surface area contributed by atoms with Gasteiger partial charge in [0.05, 0.1) is 11.7 Å². The molecule has 0 bridgehead atoms. The minimum atomic E-state index is -1.58. The highest BCUT2D eigenvalue weighted by Gasteiger charge is 2.34. The average Bonchev–Trinajstić information content (AvgIpc) is 2.90. The van der Waals surface area contributed by atoms with Crippen molar-refractivity contribution in [2.24, 2.45) is 0 Å². The quantitative estimate of drug-likeness (QED) is 0.421. The Kier molecular flexibility index (Phi) is 8.53. The summed E-state index contributed by atoms with van der Waals surface area (Å²) in [5.74, 6) is -0.879. The van der Waals surface area contributed by atoms with Gasteiger partial charge in [0.2, 0.25) is 5.95 Å². The molecule has 4 rings (SSSR count). The molecule has 1 atom stereocenters. The van der Waals surface area contributed by atoms with Crippen molar-refractivity contribution in [3.63, 3.8) is 0 Å². The molecule has 1 aromatic carbocycles. The Morgan fingerprint density at radius 2 is 1.84 bits per heavy atom. The third-order valence-electron chi connectivity index (χ3n) is 7.35. The molecule has 1 fully saturated rings. The van der Waals surface area contributed by atoms with Gasteiger partial charge in [0.25, 0.3) is 5.91 Å². The van der Waals surface area contributed by atoms with Gasteiger partial charge in [-0.1, -0.05) is 31.2 Å². The van der Waals surface area contributed by atoms with Gasteiger partial charge in [-0.3, -0.25) is 14.7 Å². The summed E-state index contributed by atoms with van der Waals surface area (Å²) in [7, 11) is 1.60. The number of carbonyl (C=O) groups is 1. The molecular formula is C30H36F2N4O2. The minimum Gasteiger partial charge on any atom is -0.381 e. The number of pyridine rings is 2. The molecular weight excluding hydrogens is 486 g/mol. The molecule has 1 unspecified atom stereocenters. The molecule has 202 valence electrons. The fourth-order valence-electron chi connectivity index (χ4n) is 5.16. The molecule has 1 amide bonds. The van der Waals surface area contributed by atoms with Gasteiger partial charge in [0, 0.05) is 26.0 Å². The van der Waals surface area contributed by atoms with Crippen LogP contribution in [0.2, 0.25) is 0 Å². The van der Waals surface area contributed by atoms with E-state index in [2.05, 4.69) is 14.9 Å². The van der Waals surface area contributed by atoms with Crippen LogP contribution in [0.15, 0.2) is 54.9 Å². The predicted octanol–water partition coefficient (Wildman–Crippen LogP) is 5.02. The Balaban J connectivity index is 1.49. The number of aromatic nitrogens is 2. The number of aryl methyl sites for hydroxylation is 1. The zero-order valence-electron chi connectivity index (χ0n) is 22.5. The molecule has 0 aliphatic carbocycles. The Bertz CT molecular complexity index is 1230. The van der Waals surface area contributed by atoms with Crippen molar-refractivity contribution in [3.05, 3.63) is 94.6 Å². The zero-order chi connectivity index (χ0) is 27.4. The lowest BCUT2D eigenvalue weighted by Gasteiger charge is -2.33. The van der Waals surface area contributed by atoms with Crippen molar-refractivity contribution < 1.29 is 18.7 Å². The second-order valence-electron chi connectivity index (χ2n) is 10.6. The van der Waals surface area contributed by atoms with Crippen LogP contribution in [0.1, 0.15) is 73.5 Å². The Labute approximate surface area is 223 Å². The topological polar surface area (TPSA) is 69.6 Å². The molecule has 1 saturated heterocycles. The monoisotopic (exact) mass is 522 g/mol. The van der Waals surface area contributed by atoms with E-state index in [0.29, 0.717) is 29.2 Å². The molecule has 1 aliphatic rings. The van der Waals surface area contributed by atoms with Crippen molar-refractivity contribution in [2.75, 3.05) is 20.1 Å². The minimum absolute atomic E-state index is 0.324. The second kappa shape index (κ2) is 11.7. The lowest BCUT2D eigenvalue weighted by Crippen LogP contribution is -2.45. The number of piperidine rings is 1. The van der Waals surface area contributed by atoms with Crippen molar-refractivity contribution in [1.29, 1.82) is 0 Å². The number of carbonyl (C=O) groups excluding carboxylic acids is 1. The highest BCUT2D eigenvalue weighted by Crippen LogP contribution is 2.31. The number of rotatable bonds is 8. The normalized spacial score (nSPS) is 15.9. The SMILES string of the molecule is CCc1ccc(C(c2ccc(CN3CCC(c4ccc(F)nc4)CC3)cn2)N(C)C(=O)C(C)(C)O)cc1F. The highest BCUT2D eigenvalue weighted by atomic mass is 19.1. The van der Waals surface area contributed by atoms with E-state index in [9.17, 15) is 18.7 Å². The number of hydrogen-bond acceptors (Lipinski definition) is 5. The first kappa shape index (κ1) is 27.8. The average molecular weight is 523 g/mol. The summed E-state index contributed by atoms with van der Waals surface area (Å²) in [4.78, 5) is 25.2. The van der Waals surface area contributed by atoms with Crippen LogP contribution in [0.3, 0.4) is 0 Å². The van der Waals surface area contributed by atoms with Crippen LogP contribution in [-0.4, -0.2) is 56.5 Å². The molecule has 38 heavy (non-hydrogen) atoms. The molecule has 0 spiro atoms. The number of likely N-dealkylation sites (tertiary alicyclic amines) is 1. The number of aliphatic hydroxyl groups is 1. The fourth-order valence-corrected chi connectivity index (χ4v) is 5.16. The lowest BCUT2D eigenvalue weighted by molar-refractivity contribution is -0.148. The van der Waals surface area contributed by atoms with Crippen LogP contribution in [0.25, 0.3) is 0 Å². The highest BCUT2D eigenvalue weighted by molar-refractivity contribution is 5.84. The van der Waals surface area contributed by atoms with Gasteiger partial charge in [-0.15, -0.1) is 0 Å². The van der Waals surface area contributed by atoms with Gasteiger partial charge in [0.1, 0.15) is 11.4 Å². The van der Waals surface area contributed by atoms with Crippen molar-refractivity contribution >= 4 is 5.91 Å². The Morgan fingerprint density at radius 1 is 1.11 bits per heavy atom. The molecule has 0 radical (unpaired) electrons. The number of hydrogen-bond donors (Lipinski definition) is 1. The molecule has 8 heteroatoms. The van der Waals surface area contributed by atoms with Crippen LogP contribution in [0.4, 0.5) is 8.78 Å². The summed E-state index contributed by atoms with van der Waals surface area (Å²) < 4.78 is 27.8. The fraction of sp³-hybridized carbons (Fsp3) is 0.433. The third-order valence-corrected chi connectivity index (χ3v) is 7.35. The van der Waals surface area contributed by atoms with E-state index in [1.807, 2.05) is 31.2 Å². The summed E-state index contributed by atoms with van der Waals surface area (Å²) in [6, 6.07) is 11.5. The van der Waals surface area contributed by atoms with E-state index >= 15 is 0 Å². The molecule has 6 nitrogen and oxygen atoms in total. The molecule has 0 saturated carbocycles. The van der Waals surface area contributed by atoms with Crippen molar-refractivity contribution in [1.82, 2.24) is 19.8 Å². The van der Waals surface area contributed by atoms with Crippen LogP contribution in [0, 0.1) is 11.8 Å². The van der Waals surface area contributed by atoms with E-state index in [0.717, 1.165) is 43.6 Å². The summed E-state index contributed by atoms with van der Waals surface area (Å²) in [6.07, 6.45) is 5.96. The molecule has 2 aromatic heterocycles. The van der Waals surface area contributed by atoms with Crippen LogP contribution < -0.4 is 0 Å². The second-order valence-corrected chi connectivity index (χ2v) is 10.6. The first-order valence-corrected chi connectivity index (χ1v) is 13.1. The molecule has 1 aliphatic heterocycles. The smallest absolute Gasteiger partial charge is 0.254 e. The van der Waals surface area contributed by atoms with Gasteiger partial charge in [0.15, 0.2) is 0 Å². The third kappa shape index (κ3) is 6.42. The van der Waals surface area contributed by atoms with Crippen LogP contribution >= 0.6 is 0 Å². The van der Waals surface area contributed by atoms with E-state index in [1.165, 1.54) is 30.9 Å². The van der Waals surface area contributed by atoms with Crippen molar-refractivity contribution in [2.45, 2.75) is 64.1 Å². The number of amides is 1. The van der Waals surface area contributed by atoms with E-state index in [-0.39, 0.29) is 5.82 Å². The van der Waals surface area contributed by atoms with Crippen LogP contribution in [-0.2, 0) is 17.8 Å². The molecule has 1 N–H and O–H groups in total. The maximum absolute atomic E-state index is 14.7. The summed E-state index contributed by atoms with van der Waals surface area (Å²) in [5.41, 5.74) is 2.34. The molecule has 3 aromatic rings. The standard InChI is InChI=1S/C30H36F2N4O2/c1-5-21-7-8-23(16-25(21)31)28(35(4)29(37)30(2,3)38)26-10-6-20(17-33-26)19-36-14-12-22(13-15-36)24-9-11-27(32)34-18-24/h6-11,16-18,22,28,38H,5,12-15,19H2,1-4H3. The largest absolute Gasteiger partial charge is 0.381 e. The maximum Gasteiger partial charge on any atom is 0.254 e. The summed E-state index contributed by atoms with van der Waals surface area (Å²) in [6.45, 7) is 7.34. The van der Waals surface area contributed by atoms with Gasteiger partial charge in [-0.05, 0) is 92.6 Å². The number of halogens is 2. The van der Waals surface area contributed by atoms with Crippen LogP contribution in [0.5, 0.6) is 0 Å². The van der Waals surface area contributed by atoms with Gasteiger partial charge in [-0.25, -0.2) is 9.37 Å². The zero-order valence-corrected chi connectivity index (χ0v) is 22.5. The summed E-state index contributed by atoms with van der Waals surface area (Å²) in [5, 5.41) is 10.4. The first-order chi connectivity index (χ1) is 18.1. The number of nitrogens with zero attached hydrogens (tertiary/aromatic N) is 4. The van der Waals surface area contributed by atoms with Gasteiger partial charge in [-0.2, -0.15) is 4.39 Å². The lowest BCUT2D eigenvalue weighted by atomic mass is 9.90. The van der Waals surface area contributed by atoms with Gasteiger partial charge < -0.3 is 10.0 Å². The predicted molar refractivity (Wildman–Crippen MR) is 142 cm³/mol. The maximum atomic E-state index is 14.7. The Hall–Kier alpha value is -3.23. The first-order valence-electron chi connectivity index (χ1n) is 13.1. The van der Waals surface area contributed by atoms with Crippen molar-refractivity contribution in [3.8, 4) is 0 Å². The molecule has 3 heterocycles. The van der Waals surface area contributed by atoms with E-state index < -0.39 is 23.5 Å². The number of benzene rings is 1. The summed E-state index contributed by atoms with van der Waals surface area (Å²) >= 11 is 0. The number of likely N-dealkylation sites (N-methyl/N-ethyl adjacent to an activating group) is 1. The van der Waals surface area contributed by atoms with E-state index in [1.54, 1.807) is 25.5 Å². The van der Waals surface area contributed by atoms with Gasteiger partial charge >= 0.3 is 0 Å². The Morgan fingerprint density at radius 3 is 2.39 bits per heavy atom.